The number of likely N-dealkylation sites (tertiary alicyclic amines) is 1. The van der Waals surface area contributed by atoms with Gasteiger partial charge >= 0.3 is 12.1 Å². The van der Waals surface area contributed by atoms with Crippen LogP contribution in [0, 0.1) is 5.92 Å². The zero-order chi connectivity index (χ0) is 34.4. The van der Waals surface area contributed by atoms with E-state index in [9.17, 15) is 14.4 Å². The van der Waals surface area contributed by atoms with Gasteiger partial charge in [-0.2, -0.15) is 5.10 Å². The minimum atomic E-state index is -0.697. The predicted molar refractivity (Wildman–Crippen MR) is 184 cm³/mol. The van der Waals surface area contributed by atoms with E-state index in [0.29, 0.717) is 24.5 Å². The molecule has 3 heterocycles. The van der Waals surface area contributed by atoms with E-state index in [0.717, 1.165) is 42.7 Å². The molecule has 0 radical (unpaired) electrons. The number of hydrogen-bond acceptors (Lipinski definition) is 8. The molecule has 13 heteroatoms. The molecule has 1 aliphatic rings. The number of nitrogens with zero attached hydrogens (tertiary/aromatic N) is 4. The minimum absolute atomic E-state index is 0.0808. The van der Waals surface area contributed by atoms with Gasteiger partial charge in [-0.25, -0.2) is 19.1 Å². The van der Waals surface area contributed by atoms with Gasteiger partial charge in [-0.05, 0) is 96.6 Å². The van der Waals surface area contributed by atoms with Crippen molar-refractivity contribution in [2.24, 2.45) is 5.92 Å². The number of fused-ring (bicyclic) bond motifs is 1. The predicted octanol–water partition coefficient (Wildman–Crippen LogP) is 5.41. The molecule has 256 valence electrons. The van der Waals surface area contributed by atoms with Gasteiger partial charge < -0.3 is 31.3 Å². The van der Waals surface area contributed by atoms with Crippen LogP contribution in [0.25, 0.3) is 5.52 Å². The van der Waals surface area contributed by atoms with Crippen LogP contribution in [0.15, 0.2) is 42.9 Å². The second kappa shape index (κ2) is 15.0. The summed E-state index contributed by atoms with van der Waals surface area (Å²) in [6, 6.07) is 8.45. The Labute approximate surface area is 277 Å². The lowest BCUT2D eigenvalue weighted by molar-refractivity contribution is -0.118. The van der Waals surface area contributed by atoms with Gasteiger partial charge in [0.15, 0.2) is 5.82 Å². The average Bonchev–Trinajstić information content (AvgIpc) is 3.35. The quantitative estimate of drug-likeness (QED) is 0.195. The van der Waals surface area contributed by atoms with Gasteiger partial charge in [0.2, 0.25) is 5.91 Å². The first-order valence-electron chi connectivity index (χ1n) is 16.3. The highest BCUT2D eigenvalue weighted by atomic mass is 16.6. The first kappa shape index (κ1) is 35.5. The molecule has 13 nitrogen and oxygen atoms in total. The number of hydrogen-bond donors (Lipinski definition) is 5. The maximum absolute atomic E-state index is 13.3. The topological polar surface area (TPSA) is 154 Å². The van der Waals surface area contributed by atoms with Gasteiger partial charge in [0, 0.05) is 48.8 Å². The number of alkyl carbamates (subject to hydrolysis) is 1. The molecule has 0 spiro atoms. The van der Waals surface area contributed by atoms with Gasteiger partial charge in [-0.3, -0.25) is 9.69 Å². The van der Waals surface area contributed by atoms with Crippen LogP contribution in [0.5, 0.6) is 0 Å². The molecule has 1 fully saturated rings. The van der Waals surface area contributed by atoms with Crippen molar-refractivity contribution in [1.29, 1.82) is 0 Å². The van der Waals surface area contributed by atoms with E-state index in [-0.39, 0.29) is 30.0 Å². The molecule has 4 amide bonds. The molecule has 47 heavy (non-hydrogen) atoms. The Bertz CT molecular complexity index is 1530. The third-order valence-corrected chi connectivity index (χ3v) is 7.45. The van der Waals surface area contributed by atoms with Crippen molar-refractivity contribution < 1.29 is 19.1 Å². The maximum Gasteiger partial charge on any atom is 0.407 e. The maximum atomic E-state index is 13.3. The number of amides is 4. The van der Waals surface area contributed by atoms with E-state index in [4.69, 9.17) is 4.74 Å². The van der Waals surface area contributed by atoms with Gasteiger partial charge in [0.25, 0.3) is 0 Å². The summed E-state index contributed by atoms with van der Waals surface area (Å²) in [6.07, 6.45) is 5.21. The first-order chi connectivity index (χ1) is 22.0. The van der Waals surface area contributed by atoms with Crippen LogP contribution >= 0.6 is 0 Å². The Kier molecular flexibility index (Phi) is 11.3. The highest BCUT2D eigenvalue weighted by molar-refractivity contribution is 5.97. The summed E-state index contributed by atoms with van der Waals surface area (Å²) >= 11 is 0. The van der Waals surface area contributed by atoms with Gasteiger partial charge in [0.05, 0.1) is 0 Å². The molecule has 0 unspecified atom stereocenters. The van der Waals surface area contributed by atoms with Crippen LogP contribution in [-0.4, -0.2) is 73.8 Å². The van der Waals surface area contributed by atoms with Crippen LogP contribution < -0.4 is 26.6 Å². The molecule has 5 N–H and O–H groups in total. The van der Waals surface area contributed by atoms with Crippen molar-refractivity contribution in [3.05, 3.63) is 48.4 Å². The van der Waals surface area contributed by atoms with Crippen molar-refractivity contribution in [2.75, 3.05) is 23.7 Å². The first-order valence-corrected chi connectivity index (χ1v) is 16.3. The summed E-state index contributed by atoms with van der Waals surface area (Å²) in [4.78, 5) is 45.0. The Morgan fingerprint density at radius 3 is 2.38 bits per heavy atom. The van der Waals surface area contributed by atoms with Crippen molar-refractivity contribution >= 4 is 40.7 Å². The normalized spacial score (nSPS) is 15.3. The van der Waals surface area contributed by atoms with Gasteiger partial charge in [-0.15, -0.1) is 0 Å². The number of piperidine rings is 1. The van der Waals surface area contributed by atoms with Crippen LogP contribution in [0.1, 0.15) is 80.2 Å². The number of carbonyl (C=O) groups excluding carboxylic acids is 3. The molecule has 2 aromatic heterocycles. The molecule has 1 saturated heterocycles. The van der Waals surface area contributed by atoms with Crippen molar-refractivity contribution in [1.82, 2.24) is 35.4 Å². The lowest BCUT2D eigenvalue weighted by atomic mass is 10.0. The minimum Gasteiger partial charge on any atom is -0.444 e. The lowest BCUT2D eigenvalue weighted by Gasteiger charge is -2.32. The number of aromatic nitrogens is 3. The van der Waals surface area contributed by atoms with E-state index in [1.807, 2.05) is 85.9 Å². The number of anilines is 3. The van der Waals surface area contributed by atoms with E-state index in [2.05, 4.69) is 47.6 Å². The Hall–Kier alpha value is -4.39. The third kappa shape index (κ3) is 11.1. The molecule has 1 aromatic carbocycles. The molecule has 1 atom stereocenters. The Morgan fingerprint density at radius 1 is 1.02 bits per heavy atom. The van der Waals surface area contributed by atoms with Gasteiger partial charge in [0.1, 0.15) is 23.5 Å². The van der Waals surface area contributed by atoms with Crippen molar-refractivity contribution in [3.8, 4) is 0 Å². The summed E-state index contributed by atoms with van der Waals surface area (Å²) < 4.78 is 7.22. The smallest absolute Gasteiger partial charge is 0.407 e. The SMILES string of the molecule is CC(C)C[C@@H](NC(=O)NC(C)(C)C)C(=O)Nc1cccc(Nc2ncnn3ccc(CN4CCC(NC(=O)OC(C)(C)C)CC4)c23)c1. The summed E-state index contributed by atoms with van der Waals surface area (Å²) in [5.41, 5.74) is 2.32. The average molecular weight is 650 g/mol. The van der Waals surface area contributed by atoms with Crippen LogP contribution in [-0.2, 0) is 16.1 Å². The van der Waals surface area contributed by atoms with E-state index in [1.165, 1.54) is 6.33 Å². The monoisotopic (exact) mass is 649 g/mol. The fraction of sp³-hybridized carbons (Fsp3) is 0.559. The summed E-state index contributed by atoms with van der Waals surface area (Å²) in [5, 5.41) is 19.5. The molecule has 3 aromatic rings. The summed E-state index contributed by atoms with van der Waals surface area (Å²) in [6.45, 7) is 17.7. The second-order valence-electron chi connectivity index (χ2n) is 14.7. The number of benzene rings is 1. The molecular weight excluding hydrogens is 598 g/mol. The molecule has 0 saturated carbocycles. The number of nitrogens with one attached hydrogen (secondary N) is 5. The van der Waals surface area contributed by atoms with Crippen LogP contribution in [0.3, 0.4) is 0 Å². The number of rotatable bonds is 10. The Balaban J connectivity index is 1.41. The summed E-state index contributed by atoms with van der Waals surface area (Å²) in [5.74, 6) is 0.553. The van der Waals surface area contributed by atoms with Crippen molar-refractivity contribution in [3.63, 3.8) is 0 Å². The Morgan fingerprint density at radius 2 is 1.72 bits per heavy atom. The fourth-order valence-corrected chi connectivity index (χ4v) is 5.47. The summed E-state index contributed by atoms with van der Waals surface area (Å²) in [7, 11) is 0. The van der Waals surface area contributed by atoms with Crippen LogP contribution in [0.4, 0.5) is 26.8 Å². The molecule has 4 rings (SSSR count). The molecule has 0 aliphatic carbocycles. The van der Waals surface area contributed by atoms with E-state index >= 15 is 0 Å². The van der Waals surface area contributed by atoms with Gasteiger partial charge in [-0.1, -0.05) is 19.9 Å². The van der Waals surface area contributed by atoms with Crippen molar-refractivity contribution in [2.45, 2.75) is 104 Å². The lowest BCUT2D eigenvalue weighted by Crippen LogP contribution is -2.53. The zero-order valence-electron chi connectivity index (χ0n) is 28.9. The third-order valence-electron chi connectivity index (χ3n) is 7.45. The highest BCUT2D eigenvalue weighted by Crippen LogP contribution is 2.26. The number of ether oxygens (including phenoxy) is 1. The largest absolute Gasteiger partial charge is 0.444 e. The van der Waals surface area contributed by atoms with E-state index in [1.54, 1.807) is 4.52 Å². The number of carbonyl (C=O) groups is 3. The molecule has 1 aliphatic heterocycles. The molecule has 0 bridgehead atoms. The second-order valence-corrected chi connectivity index (χ2v) is 14.7. The number of urea groups is 1. The molecular formula is C34H51N9O4. The van der Waals surface area contributed by atoms with E-state index < -0.39 is 17.2 Å². The zero-order valence-corrected chi connectivity index (χ0v) is 28.9. The highest BCUT2D eigenvalue weighted by Gasteiger charge is 2.26. The van der Waals surface area contributed by atoms with Crippen LogP contribution in [0.2, 0.25) is 0 Å². The fourth-order valence-electron chi connectivity index (χ4n) is 5.47. The standard InChI is InChI=1S/C34H51N9O4/c1-22(2)18-27(40-31(45)41-33(3,4)5)30(44)38-26-11-9-10-25(19-26)37-29-28-23(12-17-43(28)36-21-35-29)20-42-15-13-24(14-16-42)39-32(46)47-34(6,7)8/h9-12,17,19,21-22,24,27H,13-16,18,20H2,1-8H3,(H,38,44)(H,39,46)(H,35,36,37)(H2,40,41,45)/t27-/m1/s1.